The number of benzene rings is 1. The van der Waals surface area contributed by atoms with Gasteiger partial charge in [-0.25, -0.2) is 0 Å². The van der Waals surface area contributed by atoms with Crippen LogP contribution < -0.4 is 5.32 Å². The van der Waals surface area contributed by atoms with Crippen LogP contribution in [0.25, 0.3) is 0 Å². The zero-order chi connectivity index (χ0) is 12.4. The van der Waals surface area contributed by atoms with Crippen molar-refractivity contribution in [2.45, 2.75) is 51.0 Å². The summed E-state index contributed by atoms with van der Waals surface area (Å²) < 4.78 is 0. The molecule has 1 aromatic rings. The van der Waals surface area contributed by atoms with Crippen molar-refractivity contribution in [1.29, 1.82) is 0 Å². The van der Waals surface area contributed by atoms with Gasteiger partial charge in [0.15, 0.2) is 0 Å². The number of hydrogen-bond donors (Lipinski definition) is 1. The van der Waals surface area contributed by atoms with Crippen LogP contribution in [0.1, 0.15) is 44.1 Å². The van der Waals surface area contributed by atoms with E-state index in [9.17, 15) is 0 Å². The maximum Gasteiger partial charge on any atom is 0.0375 e. The lowest BCUT2D eigenvalue weighted by Gasteiger charge is -2.59. The van der Waals surface area contributed by atoms with Crippen LogP contribution in [0.5, 0.6) is 0 Å². The molecule has 5 aliphatic rings. The molecule has 1 heterocycles. The number of anilines is 1. The molecule has 1 heteroatoms. The van der Waals surface area contributed by atoms with Crippen molar-refractivity contribution in [3.8, 4) is 0 Å². The molecule has 1 atom stereocenters. The summed E-state index contributed by atoms with van der Waals surface area (Å²) >= 11 is 0. The predicted octanol–water partition coefficient (Wildman–Crippen LogP) is 4.24. The Kier molecular flexibility index (Phi) is 2.02. The molecule has 1 aromatic carbocycles. The highest BCUT2D eigenvalue weighted by atomic mass is 15.0. The molecule has 1 aliphatic heterocycles. The Morgan fingerprint density at radius 3 is 2.16 bits per heavy atom. The van der Waals surface area contributed by atoms with Gasteiger partial charge in [0.2, 0.25) is 0 Å². The Balaban J connectivity index is 1.48. The number of rotatable bonds is 1. The van der Waals surface area contributed by atoms with Gasteiger partial charge in [0.05, 0.1) is 0 Å². The van der Waals surface area contributed by atoms with Crippen molar-refractivity contribution in [3.05, 3.63) is 29.8 Å². The van der Waals surface area contributed by atoms with Crippen molar-refractivity contribution < 1.29 is 0 Å². The molecule has 6 rings (SSSR count). The highest BCUT2D eigenvalue weighted by Gasteiger charge is 2.54. The highest BCUT2D eigenvalue weighted by molar-refractivity contribution is 5.57. The number of hydrogen-bond acceptors (Lipinski definition) is 1. The lowest BCUT2D eigenvalue weighted by atomic mass is 9.47. The molecule has 0 amide bonds. The summed E-state index contributed by atoms with van der Waals surface area (Å²) in [5.41, 5.74) is 3.62. The van der Waals surface area contributed by atoms with Crippen molar-refractivity contribution in [2.24, 2.45) is 23.2 Å². The van der Waals surface area contributed by atoms with Crippen LogP contribution in [0.15, 0.2) is 24.3 Å². The minimum Gasteiger partial charge on any atom is -0.381 e. The van der Waals surface area contributed by atoms with Crippen molar-refractivity contribution in [2.75, 3.05) is 5.32 Å². The smallest absolute Gasteiger partial charge is 0.0375 e. The normalized spacial score (nSPS) is 46.1. The quantitative estimate of drug-likeness (QED) is 0.789. The van der Waals surface area contributed by atoms with Gasteiger partial charge in [-0.05, 0) is 79.7 Å². The number of para-hydroxylation sites is 1. The molecule has 4 bridgehead atoms. The van der Waals surface area contributed by atoms with Crippen LogP contribution in [-0.2, 0) is 6.42 Å². The van der Waals surface area contributed by atoms with Crippen molar-refractivity contribution >= 4 is 5.69 Å². The zero-order valence-corrected chi connectivity index (χ0v) is 11.6. The van der Waals surface area contributed by atoms with Gasteiger partial charge in [0.1, 0.15) is 0 Å². The summed E-state index contributed by atoms with van der Waals surface area (Å²) in [4.78, 5) is 0. The minimum atomic E-state index is 0.647. The van der Waals surface area contributed by atoms with Gasteiger partial charge >= 0.3 is 0 Å². The lowest BCUT2D eigenvalue weighted by Crippen LogP contribution is -2.53. The number of fused-ring (bicyclic) bond motifs is 1. The monoisotopic (exact) mass is 253 g/mol. The molecule has 19 heavy (non-hydrogen) atoms. The van der Waals surface area contributed by atoms with Crippen molar-refractivity contribution in [1.82, 2.24) is 0 Å². The zero-order valence-electron chi connectivity index (χ0n) is 11.6. The van der Waals surface area contributed by atoms with E-state index in [2.05, 4.69) is 29.6 Å². The average Bonchev–Trinajstić information content (AvgIpc) is 2.81. The van der Waals surface area contributed by atoms with E-state index in [-0.39, 0.29) is 0 Å². The van der Waals surface area contributed by atoms with E-state index in [0.717, 1.165) is 23.8 Å². The molecule has 1 unspecified atom stereocenters. The SMILES string of the molecule is c1ccc2c(c1)CC(C13CC4CC(CC(C4)C1)C3)N2. The molecule has 1 N–H and O–H groups in total. The lowest BCUT2D eigenvalue weighted by molar-refractivity contribution is -0.0619. The van der Waals surface area contributed by atoms with Crippen LogP contribution in [0, 0.1) is 23.2 Å². The number of nitrogens with one attached hydrogen (secondary N) is 1. The molecule has 0 aromatic heterocycles. The second-order valence-electron chi connectivity index (χ2n) is 7.84. The largest absolute Gasteiger partial charge is 0.381 e. The Bertz CT molecular complexity index is 458. The first-order chi connectivity index (χ1) is 9.31. The fourth-order valence-electron chi connectivity index (χ4n) is 6.27. The highest BCUT2D eigenvalue weighted by Crippen LogP contribution is 2.62. The second-order valence-corrected chi connectivity index (χ2v) is 7.84. The van der Waals surface area contributed by atoms with Crippen LogP contribution in [-0.4, -0.2) is 6.04 Å². The van der Waals surface area contributed by atoms with E-state index in [1.807, 2.05) is 0 Å². The molecule has 100 valence electrons. The second kappa shape index (κ2) is 3.56. The van der Waals surface area contributed by atoms with Gasteiger partial charge in [-0.2, -0.15) is 0 Å². The van der Waals surface area contributed by atoms with Gasteiger partial charge in [-0.15, -0.1) is 0 Å². The van der Waals surface area contributed by atoms with Gasteiger partial charge in [0, 0.05) is 11.7 Å². The molecule has 4 saturated carbocycles. The molecule has 1 nitrogen and oxygen atoms in total. The average molecular weight is 253 g/mol. The Labute approximate surface area is 115 Å². The summed E-state index contributed by atoms with van der Waals surface area (Å²) in [7, 11) is 0. The van der Waals surface area contributed by atoms with Gasteiger partial charge < -0.3 is 5.32 Å². The maximum absolute atomic E-state index is 3.89. The fraction of sp³-hybridized carbons (Fsp3) is 0.667. The van der Waals surface area contributed by atoms with E-state index in [0.29, 0.717) is 5.41 Å². The standard InChI is InChI=1S/C18H23N/c1-2-4-16-15(3-1)8-17(19-16)18-9-12-5-13(10-18)7-14(6-12)11-18/h1-4,12-14,17,19H,5-11H2. The van der Waals surface area contributed by atoms with E-state index >= 15 is 0 Å². The van der Waals surface area contributed by atoms with E-state index in [1.165, 1.54) is 31.4 Å². The molecule has 4 aliphatic carbocycles. The minimum absolute atomic E-state index is 0.647. The summed E-state index contributed by atoms with van der Waals surface area (Å²) in [5.74, 6) is 3.20. The van der Waals surface area contributed by atoms with E-state index < -0.39 is 0 Å². The molecule has 0 saturated heterocycles. The van der Waals surface area contributed by atoms with Crippen LogP contribution in [0.4, 0.5) is 5.69 Å². The first-order valence-corrected chi connectivity index (χ1v) is 8.15. The Morgan fingerprint density at radius 2 is 1.53 bits per heavy atom. The molecular formula is C18H23N. The predicted molar refractivity (Wildman–Crippen MR) is 78.2 cm³/mol. The summed E-state index contributed by atoms with van der Waals surface area (Å²) in [6, 6.07) is 9.70. The van der Waals surface area contributed by atoms with Gasteiger partial charge in [-0.3, -0.25) is 0 Å². The third kappa shape index (κ3) is 1.48. The Morgan fingerprint density at radius 1 is 0.895 bits per heavy atom. The Hall–Kier alpha value is -0.980. The first kappa shape index (κ1) is 10.8. The molecule has 0 spiro atoms. The van der Waals surface area contributed by atoms with Crippen LogP contribution in [0.3, 0.4) is 0 Å². The molecule has 0 radical (unpaired) electrons. The van der Waals surface area contributed by atoms with E-state index in [4.69, 9.17) is 0 Å². The van der Waals surface area contributed by atoms with E-state index in [1.54, 1.807) is 24.8 Å². The first-order valence-electron chi connectivity index (χ1n) is 8.15. The van der Waals surface area contributed by atoms with Crippen LogP contribution in [0.2, 0.25) is 0 Å². The fourth-order valence-corrected chi connectivity index (χ4v) is 6.27. The van der Waals surface area contributed by atoms with Crippen LogP contribution >= 0.6 is 0 Å². The molecule has 4 fully saturated rings. The summed E-state index contributed by atoms with van der Waals surface area (Å²) in [6.07, 6.45) is 10.5. The maximum atomic E-state index is 3.89. The third-order valence-corrected chi connectivity index (χ3v) is 6.60. The van der Waals surface area contributed by atoms with Gasteiger partial charge in [-0.1, -0.05) is 18.2 Å². The topological polar surface area (TPSA) is 12.0 Å². The van der Waals surface area contributed by atoms with Gasteiger partial charge in [0.25, 0.3) is 0 Å². The molecular weight excluding hydrogens is 230 g/mol. The summed E-state index contributed by atoms with van der Waals surface area (Å²) in [5, 5.41) is 3.89. The third-order valence-electron chi connectivity index (χ3n) is 6.60. The van der Waals surface area contributed by atoms with Crippen molar-refractivity contribution in [3.63, 3.8) is 0 Å². The summed E-state index contributed by atoms with van der Waals surface area (Å²) in [6.45, 7) is 0.